The second-order valence-corrected chi connectivity index (χ2v) is 5.01. The maximum absolute atomic E-state index is 5.91. The first kappa shape index (κ1) is 13.4. The minimum Gasteiger partial charge on any atom is -0.329 e. The van der Waals surface area contributed by atoms with Crippen LogP contribution in [0.5, 0.6) is 0 Å². The van der Waals surface area contributed by atoms with Gasteiger partial charge in [-0.15, -0.1) is 0 Å². The second kappa shape index (κ2) is 6.24. The smallest absolute Gasteiger partial charge is 0.0594 e. The number of aromatic nitrogens is 1. The van der Waals surface area contributed by atoms with Crippen LogP contribution in [0.15, 0.2) is 18.3 Å². The van der Waals surface area contributed by atoms with E-state index in [4.69, 9.17) is 11.5 Å². The quantitative estimate of drug-likeness (QED) is 0.772. The molecule has 1 aromatic rings. The molecule has 0 spiro atoms. The number of hydrogen-bond donors (Lipinski definition) is 2. The van der Waals surface area contributed by atoms with Crippen molar-refractivity contribution < 1.29 is 0 Å². The monoisotopic (exact) mass is 249 g/mol. The molecule has 100 valence electrons. The van der Waals surface area contributed by atoms with Gasteiger partial charge in [0.1, 0.15) is 0 Å². The molecule has 0 radical (unpaired) electrons. The highest BCUT2D eigenvalue weighted by Gasteiger charge is 2.14. The summed E-state index contributed by atoms with van der Waals surface area (Å²) in [6.45, 7) is 5.93. The third-order valence-corrected chi connectivity index (χ3v) is 3.48. The van der Waals surface area contributed by atoms with Gasteiger partial charge < -0.3 is 16.4 Å². The first-order valence-corrected chi connectivity index (χ1v) is 6.50. The molecule has 1 unspecified atom stereocenters. The van der Waals surface area contributed by atoms with Crippen LogP contribution in [0.25, 0.3) is 0 Å². The standard InChI is InChI=1S/C13H23N5/c1-17-4-6-18(7-5-17)10-11-2-3-16-13(8-11)12(15)9-14/h2-3,8,12H,4-7,9-10,14-15H2,1H3. The molecule has 1 atom stereocenters. The van der Waals surface area contributed by atoms with Gasteiger partial charge >= 0.3 is 0 Å². The zero-order chi connectivity index (χ0) is 13.0. The number of nitrogens with two attached hydrogens (primary N) is 2. The van der Waals surface area contributed by atoms with Gasteiger partial charge in [-0.1, -0.05) is 0 Å². The van der Waals surface area contributed by atoms with Crippen molar-refractivity contribution in [1.29, 1.82) is 0 Å². The number of likely N-dealkylation sites (N-methyl/N-ethyl adjacent to an activating group) is 1. The molecule has 0 saturated carbocycles. The lowest BCUT2D eigenvalue weighted by atomic mass is 10.1. The summed E-state index contributed by atoms with van der Waals surface area (Å²) >= 11 is 0. The molecule has 0 amide bonds. The van der Waals surface area contributed by atoms with E-state index in [1.807, 2.05) is 6.20 Å². The normalized spacial score (nSPS) is 19.9. The fourth-order valence-corrected chi connectivity index (χ4v) is 2.18. The Morgan fingerprint density at radius 1 is 1.33 bits per heavy atom. The van der Waals surface area contributed by atoms with Crippen LogP contribution in [-0.4, -0.2) is 54.6 Å². The molecule has 4 N–H and O–H groups in total. The van der Waals surface area contributed by atoms with E-state index in [1.165, 1.54) is 5.56 Å². The SMILES string of the molecule is CN1CCN(Cc2ccnc(C(N)CN)c2)CC1. The molecule has 5 heteroatoms. The lowest BCUT2D eigenvalue weighted by Gasteiger charge is -2.32. The Morgan fingerprint density at radius 2 is 2.06 bits per heavy atom. The topological polar surface area (TPSA) is 71.4 Å². The van der Waals surface area contributed by atoms with Crippen molar-refractivity contribution >= 4 is 0 Å². The molecule has 18 heavy (non-hydrogen) atoms. The Labute approximate surface area is 109 Å². The molecule has 2 heterocycles. The van der Waals surface area contributed by atoms with Gasteiger partial charge in [-0.2, -0.15) is 0 Å². The van der Waals surface area contributed by atoms with E-state index in [0.717, 1.165) is 38.4 Å². The third-order valence-electron chi connectivity index (χ3n) is 3.48. The van der Waals surface area contributed by atoms with Crippen LogP contribution in [0.1, 0.15) is 17.3 Å². The molecule has 1 aliphatic heterocycles. The van der Waals surface area contributed by atoms with Gasteiger partial charge in [0, 0.05) is 45.5 Å². The van der Waals surface area contributed by atoms with Crippen molar-refractivity contribution in [2.24, 2.45) is 11.5 Å². The highest BCUT2D eigenvalue weighted by molar-refractivity contribution is 5.19. The Morgan fingerprint density at radius 3 is 2.72 bits per heavy atom. The molecular weight excluding hydrogens is 226 g/mol. The largest absolute Gasteiger partial charge is 0.329 e. The van der Waals surface area contributed by atoms with Crippen LogP contribution in [0.2, 0.25) is 0 Å². The van der Waals surface area contributed by atoms with Crippen LogP contribution in [-0.2, 0) is 6.54 Å². The number of nitrogens with zero attached hydrogens (tertiary/aromatic N) is 3. The van der Waals surface area contributed by atoms with Crippen LogP contribution in [0.3, 0.4) is 0 Å². The number of hydrogen-bond acceptors (Lipinski definition) is 5. The van der Waals surface area contributed by atoms with E-state index in [2.05, 4.69) is 34.0 Å². The molecule has 1 saturated heterocycles. The average Bonchev–Trinajstić information content (AvgIpc) is 2.41. The lowest BCUT2D eigenvalue weighted by Crippen LogP contribution is -2.43. The molecule has 0 bridgehead atoms. The van der Waals surface area contributed by atoms with Crippen molar-refractivity contribution in [2.45, 2.75) is 12.6 Å². The van der Waals surface area contributed by atoms with E-state index in [0.29, 0.717) is 6.54 Å². The number of pyridine rings is 1. The second-order valence-electron chi connectivity index (χ2n) is 5.01. The summed E-state index contributed by atoms with van der Waals surface area (Å²) in [4.78, 5) is 9.11. The van der Waals surface area contributed by atoms with Crippen LogP contribution < -0.4 is 11.5 Å². The van der Waals surface area contributed by atoms with Crippen molar-refractivity contribution in [1.82, 2.24) is 14.8 Å². The molecule has 1 fully saturated rings. The summed E-state index contributed by atoms with van der Waals surface area (Å²) in [6.07, 6.45) is 1.83. The van der Waals surface area contributed by atoms with Gasteiger partial charge in [0.05, 0.1) is 11.7 Å². The van der Waals surface area contributed by atoms with Crippen LogP contribution >= 0.6 is 0 Å². The summed E-state index contributed by atoms with van der Waals surface area (Å²) in [5.41, 5.74) is 13.6. The molecular formula is C13H23N5. The Hall–Kier alpha value is -1.01. The van der Waals surface area contributed by atoms with E-state index in [9.17, 15) is 0 Å². The summed E-state index contributed by atoms with van der Waals surface area (Å²) < 4.78 is 0. The van der Waals surface area contributed by atoms with Gasteiger partial charge in [-0.05, 0) is 24.7 Å². The summed E-state index contributed by atoms with van der Waals surface area (Å²) in [5.74, 6) is 0. The molecule has 1 aliphatic rings. The van der Waals surface area contributed by atoms with Gasteiger partial charge in [0.2, 0.25) is 0 Å². The summed E-state index contributed by atoms with van der Waals surface area (Å²) in [5, 5.41) is 0. The maximum Gasteiger partial charge on any atom is 0.0594 e. The third kappa shape index (κ3) is 3.49. The Balaban J connectivity index is 1.96. The Kier molecular flexibility index (Phi) is 4.66. The Bertz CT molecular complexity index is 373. The van der Waals surface area contributed by atoms with E-state index >= 15 is 0 Å². The van der Waals surface area contributed by atoms with Gasteiger partial charge in [-0.25, -0.2) is 0 Å². The molecule has 0 aliphatic carbocycles. The zero-order valence-electron chi connectivity index (χ0n) is 11.0. The zero-order valence-corrected chi connectivity index (χ0v) is 11.0. The summed E-state index contributed by atoms with van der Waals surface area (Å²) in [7, 11) is 2.17. The first-order valence-electron chi connectivity index (χ1n) is 6.50. The van der Waals surface area contributed by atoms with Crippen LogP contribution in [0, 0.1) is 0 Å². The van der Waals surface area contributed by atoms with Crippen molar-refractivity contribution in [3.63, 3.8) is 0 Å². The first-order chi connectivity index (χ1) is 8.69. The molecule has 0 aromatic carbocycles. The van der Waals surface area contributed by atoms with Crippen molar-refractivity contribution in [2.75, 3.05) is 39.8 Å². The molecule has 2 rings (SSSR count). The van der Waals surface area contributed by atoms with Crippen molar-refractivity contribution in [3.8, 4) is 0 Å². The number of piperazine rings is 1. The lowest BCUT2D eigenvalue weighted by molar-refractivity contribution is 0.148. The highest BCUT2D eigenvalue weighted by Crippen LogP contribution is 2.11. The summed E-state index contributed by atoms with van der Waals surface area (Å²) in [6, 6.07) is 3.98. The predicted octanol–water partition coefficient (Wildman–Crippen LogP) is -0.212. The van der Waals surface area contributed by atoms with Crippen LogP contribution in [0.4, 0.5) is 0 Å². The van der Waals surface area contributed by atoms with Gasteiger partial charge in [0.15, 0.2) is 0 Å². The minimum absolute atomic E-state index is 0.155. The molecule has 1 aromatic heterocycles. The fraction of sp³-hybridized carbons (Fsp3) is 0.615. The average molecular weight is 249 g/mol. The minimum atomic E-state index is -0.155. The maximum atomic E-state index is 5.91. The molecule has 5 nitrogen and oxygen atoms in total. The van der Waals surface area contributed by atoms with E-state index < -0.39 is 0 Å². The highest BCUT2D eigenvalue weighted by atomic mass is 15.2. The predicted molar refractivity (Wildman–Crippen MR) is 73.0 cm³/mol. The van der Waals surface area contributed by atoms with Gasteiger partial charge in [0.25, 0.3) is 0 Å². The van der Waals surface area contributed by atoms with Gasteiger partial charge in [-0.3, -0.25) is 9.88 Å². The fourth-order valence-electron chi connectivity index (χ4n) is 2.18. The van der Waals surface area contributed by atoms with Crippen molar-refractivity contribution in [3.05, 3.63) is 29.6 Å². The van der Waals surface area contributed by atoms with E-state index in [-0.39, 0.29) is 6.04 Å². The number of rotatable bonds is 4. The van der Waals surface area contributed by atoms with E-state index in [1.54, 1.807) is 0 Å².